The smallest absolute Gasteiger partial charge is 0.101 e. The van der Waals surface area contributed by atoms with E-state index in [-0.39, 0.29) is 0 Å². The molecule has 8 heavy (non-hydrogen) atoms. The van der Waals surface area contributed by atoms with E-state index in [1.54, 1.807) is 12.3 Å². The van der Waals surface area contributed by atoms with Gasteiger partial charge in [0.2, 0.25) is 0 Å². The van der Waals surface area contributed by atoms with Crippen molar-refractivity contribution in [2.24, 2.45) is 0 Å². The fourth-order valence-electron chi connectivity index (χ4n) is 0.574. The number of rotatable bonds is 0. The fourth-order valence-corrected chi connectivity index (χ4v) is 0.574. The van der Waals surface area contributed by atoms with Gasteiger partial charge in [-0.3, -0.25) is 0 Å². The molecule has 1 rings (SSSR count). The quantitative estimate of drug-likeness (QED) is 0.530. The molecule has 0 saturated heterocycles. The zero-order valence-electron chi connectivity index (χ0n) is 4.60. The van der Waals surface area contributed by atoms with Gasteiger partial charge in [-0.05, 0) is 13.0 Å². The number of hydrogen-bond acceptors (Lipinski definition) is 1. The first-order chi connectivity index (χ1) is 3.84. The van der Waals surface area contributed by atoms with Crippen molar-refractivity contribution in [3.05, 3.63) is 23.5 Å². The van der Waals surface area contributed by atoms with E-state index < -0.39 is 0 Å². The van der Waals surface area contributed by atoms with E-state index in [0.717, 1.165) is 11.3 Å². The van der Waals surface area contributed by atoms with Crippen LogP contribution in [-0.4, -0.2) is 4.98 Å². The Morgan fingerprint density at radius 2 is 2.50 bits per heavy atom. The van der Waals surface area contributed by atoms with E-state index in [1.807, 2.05) is 13.0 Å². The monoisotopic (exact) mass is 106 g/mol. The molecule has 1 aromatic rings. The molecule has 0 aliphatic rings. The highest BCUT2D eigenvalue weighted by Crippen LogP contribution is 2.00. The molecule has 0 unspecified atom stereocenters. The maximum Gasteiger partial charge on any atom is 0.101 e. The highest BCUT2D eigenvalue weighted by Gasteiger charge is 1.92. The lowest BCUT2D eigenvalue weighted by Gasteiger charge is -1.78. The third-order valence-electron chi connectivity index (χ3n) is 1.07. The molecule has 1 N–H and O–H groups in total. The van der Waals surface area contributed by atoms with Crippen LogP contribution in [0, 0.1) is 18.3 Å². The minimum absolute atomic E-state index is 0.727. The van der Waals surface area contributed by atoms with Crippen molar-refractivity contribution in [3.8, 4) is 6.07 Å². The second-order valence-electron chi connectivity index (χ2n) is 1.63. The van der Waals surface area contributed by atoms with Gasteiger partial charge in [-0.15, -0.1) is 0 Å². The summed E-state index contributed by atoms with van der Waals surface area (Å²) in [6.07, 6.45) is 1.76. The molecule has 0 bridgehead atoms. The van der Waals surface area contributed by atoms with Crippen LogP contribution in [0.2, 0.25) is 0 Å². The van der Waals surface area contributed by atoms with E-state index in [2.05, 4.69) is 4.98 Å². The summed E-state index contributed by atoms with van der Waals surface area (Å²) in [7, 11) is 0. The first-order valence-electron chi connectivity index (χ1n) is 2.38. The Kier molecular flexibility index (Phi) is 1.05. The van der Waals surface area contributed by atoms with Gasteiger partial charge >= 0.3 is 0 Å². The molecule has 0 saturated carbocycles. The average Bonchev–Trinajstić information content (AvgIpc) is 2.14. The van der Waals surface area contributed by atoms with Crippen LogP contribution in [0.4, 0.5) is 0 Å². The van der Waals surface area contributed by atoms with Crippen LogP contribution in [0.3, 0.4) is 0 Å². The van der Waals surface area contributed by atoms with Gasteiger partial charge < -0.3 is 4.98 Å². The molecular weight excluding hydrogens is 100 g/mol. The minimum atomic E-state index is 0.727. The predicted octanol–water partition coefficient (Wildman–Crippen LogP) is 1.19. The second kappa shape index (κ2) is 1.71. The number of hydrogen-bond donors (Lipinski definition) is 1. The van der Waals surface area contributed by atoms with Gasteiger partial charge in [0.05, 0.1) is 5.56 Å². The van der Waals surface area contributed by atoms with Crippen LogP contribution >= 0.6 is 0 Å². The van der Waals surface area contributed by atoms with Crippen LogP contribution in [0.5, 0.6) is 0 Å². The predicted molar refractivity (Wildman–Crippen MR) is 30.2 cm³/mol. The molecule has 2 nitrogen and oxygen atoms in total. The van der Waals surface area contributed by atoms with Crippen molar-refractivity contribution in [1.82, 2.24) is 4.98 Å². The number of nitrogens with zero attached hydrogens (tertiary/aromatic N) is 1. The summed E-state index contributed by atoms with van der Waals surface area (Å²) in [6, 6.07) is 3.80. The molecule has 0 aliphatic carbocycles. The maximum atomic E-state index is 8.34. The van der Waals surface area contributed by atoms with Gasteiger partial charge in [-0.25, -0.2) is 0 Å². The lowest BCUT2D eigenvalue weighted by molar-refractivity contribution is 1.25. The summed E-state index contributed by atoms with van der Waals surface area (Å²) in [6.45, 7) is 1.87. The van der Waals surface area contributed by atoms with Gasteiger partial charge in [-0.1, -0.05) is 0 Å². The molecule has 2 heteroatoms. The Morgan fingerprint density at radius 3 is 2.75 bits per heavy atom. The SMILES string of the molecule is Cc1[nH]ccc1C#N. The number of nitriles is 1. The summed E-state index contributed by atoms with van der Waals surface area (Å²) in [5, 5.41) is 8.34. The third-order valence-corrected chi connectivity index (χ3v) is 1.07. The summed E-state index contributed by atoms with van der Waals surface area (Å²) >= 11 is 0. The second-order valence-corrected chi connectivity index (χ2v) is 1.63. The van der Waals surface area contributed by atoms with E-state index >= 15 is 0 Å². The third kappa shape index (κ3) is 0.584. The molecule has 1 heterocycles. The number of aromatic nitrogens is 1. The van der Waals surface area contributed by atoms with Crippen molar-refractivity contribution in [2.45, 2.75) is 6.92 Å². The molecule has 1 aromatic heterocycles. The van der Waals surface area contributed by atoms with Gasteiger partial charge in [0.25, 0.3) is 0 Å². The first-order valence-corrected chi connectivity index (χ1v) is 2.38. The summed E-state index contributed by atoms with van der Waals surface area (Å²) in [5.41, 5.74) is 1.66. The topological polar surface area (TPSA) is 39.6 Å². The highest BCUT2D eigenvalue weighted by atomic mass is 14.7. The van der Waals surface area contributed by atoms with Crippen LogP contribution < -0.4 is 0 Å². The summed E-state index contributed by atoms with van der Waals surface area (Å²) < 4.78 is 0. The van der Waals surface area contributed by atoms with Crippen molar-refractivity contribution in [1.29, 1.82) is 5.26 Å². The van der Waals surface area contributed by atoms with Gasteiger partial charge in [-0.2, -0.15) is 5.26 Å². The molecule has 40 valence electrons. The standard InChI is InChI=1S/C6H6N2/c1-5-6(4-7)2-3-8-5/h2-3,8H,1H3. The Bertz CT molecular complexity index is 217. The Labute approximate surface area is 47.8 Å². The van der Waals surface area contributed by atoms with E-state index in [0.29, 0.717) is 0 Å². The van der Waals surface area contributed by atoms with Crippen LogP contribution in [-0.2, 0) is 0 Å². The largest absolute Gasteiger partial charge is 0.364 e. The lowest BCUT2D eigenvalue weighted by atomic mass is 10.3. The van der Waals surface area contributed by atoms with Gasteiger partial charge in [0, 0.05) is 11.9 Å². The Morgan fingerprint density at radius 1 is 1.75 bits per heavy atom. The van der Waals surface area contributed by atoms with Crippen molar-refractivity contribution in [3.63, 3.8) is 0 Å². The summed E-state index contributed by atoms with van der Waals surface area (Å²) in [4.78, 5) is 2.90. The number of aryl methyl sites for hydroxylation is 1. The van der Waals surface area contributed by atoms with Crippen molar-refractivity contribution < 1.29 is 0 Å². The van der Waals surface area contributed by atoms with Crippen LogP contribution in [0.1, 0.15) is 11.3 Å². The zero-order valence-corrected chi connectivity index (χ0v) is 4.60. The minimum Gasteiger partial charge on any atom is -0.364 e. The lowest BCUT2D eigenvalue weighted by Crippen LogP contribution is -1.71. The number of H-pyrrole nitrogens is 1. The normalized spacial score (nSPS) is 8.50. The zero-order chi connectivity index (χ0) is 5.98. The van der Waals surface area contributed by atoms with E-state index in [9.17, 15) is 0 Å². The molecule has 0 fully saturated rings. The molecular formula is C6H6N2. The Balaban J connectivity index is 3.15. The molecule has 0 spiro atoms. The first kappa shape index (κ1) is 4.92. The van der Waals surface area contributed by atoms with Gasteiger partial charge in [0.15, 0.2) is 0 Å². The molecule has 0 atom stereocenters. The van der Waals surface area contributed by atoms with E-state index in [1.165, 1.54) is 0 Å². The fraction of sp³-hybridized carbons (Fsp3) is 0.167. The maximum absolute atomic E-state index is 8.34. The average molecular weight is 106 g/mol. The molecule has 0 amide bonds. The highest BCUT2D eigenvalue weighted by molar-refractivity contribution is 5.31. The van der Waals surface area contributed by atoms with Crippen LogP contribution in [0.15, 0.2) is 12.3 Å². The van der Waals surface area contributed by atoms with Crippen molar-refractivity contribution >= 4 is 0 Å². The van der Waals surface area contributed by atoms with Crippen LogP contribution in [0.25, 0.3) is 0 Å². The molecule has 0 radical (unpaired) electrons. The molecule has 0 aromatic carbocycles. The number of nitrogens with one attached hydrogen (secondary N) is 1. The summed E-state index contributed by atoms with van der Waals surface area (Å²) in [5.74, 6) is 0. The van der Waals surface area contributed by atoms with Gasteiger partial charge in [0.1, 0.15) is 6.07 Å². The number of aromatic amines is 1. The molecule has 0 aliphatic heterocycles. The van der Waals surface area contributed by atoms with E-state index in [4.69, 9.17) is 5.26 Å². The van der Waals surface area contributed by atoms with Crippen molar-refractivity contribution in [2.75, 3.05) is 0 Å². The Hall–Kier alpha value is -1.23.